The molecule has 0 atom stereocenters. The first kappa shape index (κ1) is 49.0. The molecule has 0 aromatic heterocycles. The number of ether oxygens (including phenoxy) is 3. The zero-order chi connectivity index (χ0) is 39.7. The van der Waals surface area contributed by atoms with E-state index in [9.17, 15) is 29.7 Å². The average Bonchev–Trinajstić information content (AvgIpc) is 3.14. The Morgan fingerprint density at radius 1 is 0.315 bits per heavy atom. The Hall–Kier alpha value is -2.97. The van der Waals surface area contributed by atoms with Crippen molar-refractivity contribution < 1.29 is 43.9 Å². The molecule has 1 aromatic rings. The van der Waals surface area contributed by atoms with Crippen LogP contribution in [-0.4, -0.2) is 53.0 Å². The molecule has 0 unspecified atom stereocenters. The number of carboxylic acids is 3. The van der Waals surface area contributed by atoms with Crippen molar-refractivity contribution in [1.29, 1.82) is 0 Å². The third kappa shape index (κ3) is 21.8. The lowest BCUT2D eigenvalue weighted by Gasteiger charge is -2.22. The van der Waals surface area contributed by atoms with E-state index in [4.69, 9.17) is 14.2 Å². The van der Waals surface area contributed by atoms with Gasteiger partial charge in [-0.3, -0.25) is 0 Å². The van der Waals surface area contributed by atoms with Crippen molar-refractivity contribution in [1.82, 2.24) is 0 Å². The highest BCUT2D eigenvalue weighted by Crippen LogP contribution is 2.44. The molecule has 0 aliphatic heterocycles. The monoisotopic (exact) mass is 763 g/mol. The number of hydrogen-bond acceptors (Lipinski definition) is 6. The molecule has 0 amide bonds. The molecular formula is C45H78O9. The molecule has 54 heavy (non-hydrogen) atoms. The van der Waals surface area contributed by atoms with Gasteiger partial charge >= 0.3 is 17.9 Å². The Labute approximate surface area is 328 Å². The van der Waals surface area contributed by atoms with Gasteiger partial charge in [0.25, 0.3) is 0 Å². The number of aromatic carboxylic acids is 3. The second-order valence-electron chi connectivity index (χ2n) is 15.1. The van der Waals surface area contributed by atoms with Crippen LogP contribution in [-0.2, 0) is 0 Å². The fraction of sp³-hybridized carbons (Fsp3) is 0.800. The van der Waals surface area contributed by atoms with E-state index in [1.165, 1.54) is 116 Å². The van der Waals surface area contributed by atoms with Crippen LogP contribution in [0, 0.1) is 0 Å². The van der Waals surface area contributed by atoms with Crippen molar-refractivity contribution in [3.05, 3.63) is 16.7 Å². The highest BCUT2D eigenvalue weighted by Gasteiger charge is 2.37. The predicted molar refractivity (Wildman–Crippen MR) is 219 cm³/mol. The maximum absolute atomic E-state index is 12.8. The summed E-state index contributed by atoms with van der Waals surface area (Å²) < 4.78 is 17.9. The quantitative estimate of drug-likeness (QED) is 0.0559. The molecule has 0 spiro atoms. The third-order valence-corrected chi connectivity index (χ3v) is 10.2. The zero-order valence-corrected chi connectivity index (χ0v) is 34.6. The second kappa shape index (κ2) is 33.4. The molecule has 1 rings (SSSR count). The highest BCUT2D eigenvalue weighted by atomic mass is 16.5. The molecule has 9 heteroatoms. The fourth-order valence-electron chi connectivity index (χ4n) is 6.99. The van der Waals surface area contributed by atoms with Crippen molar-refractivity contribution in [3.63, 3.8) is 0 Å². The van der Waals surface area contributed by atoms with E-state index in [1.54, 1.807) is 0 Å². The molecule has 0 bridgehead atoms. The van der Waals surface area contributed by atoms with Crippen molar-refractivity contribution >= 4 is 17.9 Å². The minimum atomic E-state index is -1.50. The Balaban J connectivity index is 3.08. The number of hydrogen-bond donors (Lipinski definition) is 3. The Kier molecular flexibility index (Phi) is 30.3. The highest BCUT2D eigenvalue weighted by molar-refractivity contribution is 6.09. The first-order valence-corrected chi connectivity index (χ1v) is 22.1. The number of rotatable bonds is 39. The zero-order valence-electron chi connectivity index (χ0n) is 34.6. The van der Waals surface area contributed by atoms with Crippen LogP contribution in [0.1, 0.15) is 244 Å². The van der Waals surface area contributed by atoms with Gasteiger partial charge in [0, 0.05) is 0 Å². The molecule has 0 radical (unpaired) electrons. The van der Waals surface area contributed by atoms with Gasteiger partial charge in [0.1, 0.15) is 16.7 Å². The number of benzene rings is 1. The minimum absolute atomic E-state index is 0.0965. The van der Waals surface area contributed by atoms with Gasteiger partial charge in [-0.2, -0.15) is 0 Å². The van der Waals surface area contributed by atoms with Gasteiger partial charge in [-0.15, -0.1) is 0 Å². The van der Waals surface area contributed by atoms with E-state index >= 15 is 0 Å². The largest absolute Gasteiger partial charge is 0.491 e. The number of carboxylic acid groups (broad SMARTS) is 3. The Morgan fingerprint density at radius 3 is 0.648 bits per heavy atom. The van der Waals surface area contributed by atoms with Gasteiger partial charge in [0.2, 0.25) is 0 Å². The summed E-state index contributed by atoms with van der Waals surface area (Å²) in [6, 6.07) is 0. The van der Waals surface area contributed by atoms with Gasteiger partial charge < -0.3 is 29.5 Å². The topological polar surface area (TPSA) is 140 Å². The van der Waals surface area contributed by atoms with E-state index < -0.39 is 51.8 Å². The van der Waals surface area contributed by atoms with E-state index in [1.807, 2.05) is 0 Å². The van der Waals surface area contributed by atoms with Crippen LogP contribution in [0.15, 0.2) is 0 Å². The first-order chi connectivity index (χ1) is 26.3. The second-order valence-corrected chi connectivity index (χ2v) is 15.1. The van der Waals surface area contributed by atoms with Gasteiger partial charge in [-0.1, -0.05) is 194 Å². The molecular weight excluding hydrogens is 684 g/mol. The summed E-state index contributed by atoms with van der Waals surface area (Å²) in [6.07, 6.45) is 33.0. The normalized spacial score (nSPS) is 11.2. The fourth-order valence-corrected chi connectivity index (χ4v) is 6.99. The van der Waals surface area contributed by atoms with Crippen LogP contribution in [0.5, 0.6) is 17.2 Å². The Morgan fingerprint density at radius 2 is 0.481 bits per heavy atom. The summed E-state index contributed by atoms with van der Waals surface area (Å²) in [5.74, 6) is -5.70. The third-order valence-electron chi connectivity index (χ3n) is 10.2. The number of carbonyl (C=O) groups is 3. The molecule has 0 aliphatic rings. The van der Waals surface area contributed by atoms with Gasteiger partial charge in [0.15, 0.2) is 17.2 Å². The molecule has 1 aromatic carbocycles. The van der Waals surface area contributed by atoms with Crippen LogP contribution in [0.2, 0.25) is 0 Å². The van der Waals surface area contributed by atoms with Gasteiger partial charge in [-0.25, -0.2) is 14.4 Å². The lowest BCUT2D eigenvalue weighted by Crippen LogP contribution is -2.19. The summed E-state index contributed by atoms with van der Waals surface area (Å²) in [5.41, 5.74) is -1.72. The molecule has 9 nitrogen and oxygen atoms in total. The van der Waals surface area contributed by atoms with E-state index in [-0.39, 0.29) is 19.8 Å². The Bertz CT molecular complexity index is 974. The van der Waals surface area contributed by atoms with Crippen molar-refractivity contribution in [2.75, 3.05) is 19.8 Å². The summed E-state index contributed by atoms with van der Waals surface area (Å²) in [7, 11) is 0. The smallest absolute Gasteiger partial charge is 0.343 e. The minimum Gasteiger partial charge on any atom is -0.491 e. The molecule has 3 N–H and O–H groups in total. The van der Waals surface area contributed by atoms with Crippen molar-refractivity contribution in [3.8, 4) is 17.2 Å². The maximum atomic E-state index is 12.8. The summed E-state index contributed by atoms with van der Waals surface area (Å²) in [6.45, 7) is 6.92. The summed E-state index contributed by atoms with van der Waals surface area (Å²) >= 11 is 0. The molecule has 0 saturated heterocycles. The lowest BCUT2D eigenvalue weighted by atomic mass is 9.99. The molecule has 0 aliphatic carbocycles. The van der Waals surface area contributed by atoms with Crippen LogP contribution < -0.4 is 14.2 Å². The molecule has 312 valence electrons. The standard InChI is InChI=1S/C45H78O9/c1-4-7-10-13-16-19-22-25-28-31-34-52-40-37(43(46)47)41(53-35-32-29-26-23-20-17-14-11-8-5-2)39(45(50)51)42(38(40)44(48)49)54-36-33-30-27-24-21-18-15-12-9-6-3/h4-36H2,1-3H3,(H,46,47)(H,48,49)(H,50,51). The summed E-state index contributed by atoms with van der Waals surface area (Å²) in [4.78, 5) is 38.3. The average molecular weight is 763 g/mol. The van der Waals surface area contributed by atoms with Gasteiger partial charge in [0.05, 0.1) is 19.8 Å². The number of unbranched alkanes of at least 4 members (excludes halogenated alkanes) is 27. The van der Waals surface area contributed by atoms with E-state index in [0.717, 1.165) is 57.8 Å². The maximum Gasteiger partial charge on any atom is 0.343 e. The van der Waals surface area contributed by atoms with E-state index in [0.29, 0.717) is 19.3 Å². The molecule has 0 heterocycles. The SMILES string of the molecule is CCCCCCCCCCCCOc1c(C(=O)O)c(OCCCCCCCCCCCC)c(C(=O)O)c(OCCCCCCCCCCCC)c1C(=O)O. The van der Waals surface area contributed by atoms with Gasteiger partial charge in [-0.05, 0) is 19.3 Å². The van der Waals surface area contributed by atoms with Crippen LogP contribution in [0.25, 0.3) is 0 Å². The van der Waals surface area contributed by atoms with Crippen molar-refractivity contribution in [2.45, 2.75) is 213 Å². The van der Waals surface area contributed by atoms with Crippen LogP contribution in [0.3, 0.4) is 0 Å². The first-order valence-electron chi connectivity index (χ1n) is 22.1. The molecule has 0 fully saturated rings. The van der Waals surface area contributed by atoms with E-state index in [2.05, 4.69) is 20.8 Å². The predicted octanol–water partition coefficient (Wildman–Crippen LogP) is 13.7. The van der Waals surface area contributed by atoms with Crippen molar-refractivity contribution in [2.24, 2.45) is 0 Å². The van der Waals surface area contributed by atoms with Crippen LogP contribution >= 0.6 is 0 Å². The van der Waals surface area contributed by atoms with Crippen LogP contribution in [0.4, 0.5) is 0 Å². The molecule has 0 saturated carbocycles. The summed E-state index contributed by atoms with van der Waals surface area (Å²) in [5, 5.41) is 31.2. The lowest BCUT2D eigenvalue weighted by molar-refractivity contribution is 0.0676.